The maximum absolute atomic E-state index is 12.4. The van der Waals surface area contributed by atoms with Gasteiger partial charge in [-0.3, -0.25) is 9.29 Å². The first-order valence-corrected chi connectivity index (χ1v) is 11.0. The number of aromatic nitrogens is 4. The van der Waals surface area contributed by atoms with Crippen LogP contribution in [0.4, 0.5) is 5.69 Å². The van der Waals surface area contributed by atoms with E-state index in [0.29, 0.717) is 33.3 Å². The topological polar surface area (TPSA) is 99.0 Å². The Morgan fingerprint density at radius 2 is 1.93 bits per heavy atom. The number of thiophene rings is 1. The highest BCUT2D eigenvalue weighted by Gasteiger charge is 2.16. The lowest BCUT2D eigenvalue weighted by molar-refractivity contribution is 0.459. The predicted octanol–water partition coefficient (Wildman–Crippen LogP) is 4.28. The maximum Gasteiger partial charge on any atom is 0.271 e. The third kappa shape index (κ3) is 4.56. The molecule has 8 nitrogen and oxygen atoms in total. The Hall–Kier alpha value is -2.95. The van der Waals surface area contributed by atoms with E-state index in [0.717, 1.165) is 11.3 Å². The minimum absolute atomic E-state index is 0.145. The molecule has 1 N–H and O–H groups in total. The van der Waals surface area contributed by atoms with Crippen molar-refractivity contribution in [1.29, 1.82) is 0 Å². The minimum Gasteiger partial charge on any atom is -0.439 e. The predicted molar refractivity (Wildman–Crippen MR) is 111 cm³/mol. The molecule has 0 unspecified atom stereocenters. The van der Waals surface area contributed by atoms with Crippen LogP contribution in [0.25, 0.3) is 5.82 Å². The molecule has 0 radical (unpaired) electrons. The van der Waals surface area contributed by atoms with Crippen molar-refractivity contribution in [2.75, 3.05) is 4.72 Å². The zero-order chi connectivity index (χ0) is 20.4. The number of rotatable bonds is 6. The summed E-state index contributed by atoms with van der Waals surface area (Å²) in [6, 6.07) is 11.2. The molecule has 0 aliphatic heterocycles. The Kier molecular flexibility index (Phi) is 5.22. The third-order valence-corrected chi connectivity index (χ3v) is 6.82. The van der Waals surface area contributed by atoms with Crippen molar-refractivity contribution in [3.63, 3.8) is 0 Å². The average Bonchev–Trinajstić information content (AvgIpc) is 3.35. The van der Waals surface area contributed by atoms with Gasteiger partial charge >= 0.3 is 0 Å². The van der Waals surface area contributed by atoms with Crippen LogP contribution in [0, 0.1) is 6.92 Å². The van der Waals surface area contributed by atoms with Crippen LogP contribution in [0.3, 0.4) is 0 Å². The molecule has 0 aliphatic carbocycles. The lowest BCUT2D eigenvalue weighted by Crippen LogP contribution is -2.11. The smallest absolute Gasteiger partial charge is 0.271 e. The summed E-state index contributed by atoms with van der Waals surface area (Å²) in [7, 11) is -3.69. The van der Waals surface area contributed by atoms with E-state index in [1.54, 1.807) is 66.6 Å². The normalized spacial score (nSPS) is 11.4. The number of aryl methyl sites for hydroxylation is 1. The Balaban J connectivity index is 1.50. The zero-order valence-electron chi connectivity index (χ0n) is 15.0. The molecule has 11 heteroatoms. The minimum atomic E-state index is -3.69. The molecule has 0 atom stereocenters. The number of sulfonamides is 1. The Labute approximate surface area is 175 Å². The van der Waals surface area contributed by atoms with Crippen LogP contribution < -0.4 is 9.46 Å². The summed E-state index contributed by atoms with van der Waals surface area (Å²) in [6.45, 7) is 1.77. The van der Waals surface area contributed by atoms with Gasteiger partial charge in [-0.1, -0.05) is 11.6 Å². The van der Waals surface area contributed by atoms with Gasteiger partial charge in [0.15, 0.2) is 0 Å². The number of benzene rings is 1. The fraction of sp³-hybridized carbons (Fsp3) is 0.0556. The summed E-state index contributed by atoms with van der Waals surface area (Å²) < 4.78 is 35.3. The number of hydrogen-bond donors (Lipinski definition) is 1. The van der Waals surface area contributed by atoms with E-state index in [4.69, 9.17) is 16.3 Å². The van der Waals surface area contributed by atoms with Gasteiger partial charge in [-0.2, -0.15) is 4.98 Å². The summed E-state index contributed by atoms with van der Waals surface area (Å²) in [5, 5.41) is 0. The Bertz CT molecular complexity index is 1240. The fourth-order valence-corrected chi connectivity index (χ4v) is 5.01. The van der Waals surface area contributed by atoms with Crippen molar-refractivity contribution in [2.45, 2.75) is 11.1 Å². The Morgan fingerprint density at radius 1 is 1.14 bits per heavy atom. The molecule has 0 fully saturated rings. The van der Waals surface area contributed by atoms with Gasteiger partial charge in [0, 0.05) is 24.1 Å². The molecule has 0 amide bonds. The highest BCUT2D eigenvalue weighted by atomic mass is 35.5. The van der Waals surface area contributed by atoms with Crippen LogP contribution in [0.2, 0.25) is 4.34 Å². The molecular formula is C18H14ClN5O3S2. The highest BCUT2D eigenvalue weighted by Crippen LogP contribution is 2.28. The van der Waals surface area contributed by atoms with Gasteiger partial charge in [-0.15, -0.1) is 11.3 Å². The number of nitrogens with one attached hydrogen (secondary N) is 1. The van der Waals surface area contributed by atoms with E-state index >= 15 is 0 Å². The van der Waals surface area contributed by atoms with E-state index in [9.17, 15) is 8.42 Å². The van der Waals surface area contributed by atoms with Crippen LogP contribution >= 0.6 is 22.9 Å². The number of anilines is 1. The van der Waals surface area contributed by atoms with Crippen LogP contribution in [0.1, 0.15) is 5.82 Å². The van der Waals surface area contributed by atoms with Crippen molar-refractivity contribution < 1.29 is 13.2 Å². The summed E-state index contributed by atoms with van der Waals surface area (Å²) in [4.78, 5) is 12.6. The van der Waals surface area contributed by atoms with E-state index in [2.05, 4.69) is 19.7 Å². The molecule has 4 aromatic rings. The number of nitrogens with zero attached hydrogens (tertiary/aromatic N) is 4. The highest BCUT2D eigenvalue weighted by molar-refractivity contribution is 7.94. The van der Waals surface area contributed by atoms with Crippen molar-refractivity contribution in [2.24, 2.45) is 0 Å². The molecule has 4 rings (SSSR count). The first-order valence-electron chi connectivity index (χ1n) is 8.29. The largest absolute Gasteiger partial charge is 0.439 e. The number of hydrogen-bond acceptors (Lipinski definition) is 7. The molecule has 0 spiro atoms. The van der Waals surface area contributed by atoms with Gasteiger partial charge in [0.1, 0.15) is 27.9 Å². The summed E-state index contributed by atoms with van der Waals surface area (Å²) in [6.07, 6.45) is 5.06. The number of halogens is 1. The van der Waals surface area contributed by atoms with Crippen molar-refractivity contribution in [3.05, 3.63) is 71.3 Å². The molecule has 148 valence electrons. The fourth-order valence-electron chi connectivity index (χ4n) is 2.46. The van der Waals surface area contributed by atoms with Gasteiger partial charge < -0.3 is 4.74 Å². The van der Waals surface area contributed by atoms with Crippen LogP contribution in [-0.4, -0.2) is 27.9 Å². The molecule has 0 bridgehead atoms. The van der Waals surface area contributed by atoms with E-state index < -0.39 is 10.0 Å². The zero-order valence-corrected chi connectivity index (χ0v) is 17.4. The van der Waals surface area contributed by atoms with Gasteiger partial charge in [-0.25, -0.2) is 18.4 Å². The second kappa shape index (κ2) is 7.82. The number of ether oxygens (including phenoxy) is 1. The van der Waals surface area contributed by atoms with Gasteiger partial charge in [0.2, 0.25) is 5.88 Å². The van der Waals surface area contributed by atoms with E-state index in [-0.39, 0.29) is 4.21 Å². The molecule has 1 aromatic carbocycles. The third-order valence-electron chi connectivity index (χ3n) is 3.71. The van der Waals surface area contributed by atoms with Crippen molar-refractivity contribution >= 4 is 38.6 Å². The quantitative estimate of drug-likeness (QED) is 0.473. The lowest BCUT2D eigenvalue weighted by atomic mass is 10.3. The SMILES string of the molecule is Cc1nc(Oc2ccc(NS(=O)(=O)c3ccc(Cl)s3)cc2)cc(-n2ccnc2)n1. The molecule has 0 saturated carbocycles. The summed E-state index contributed by atoms with van der Waals surface area (Å²) in [5.41, 5.74) is 0.403. The standard InChI is InChI=1S/C18H14ClN5O3S2/c1-12-21-16(24-9-8-20-11-24)10-17(22-12)27-14-4-2-13(3-5-14)23-29(25,26)18-7-6-15(19)28-18/h2-11,23H,1H3. The summed E-state index contributed by atoms with van der Waals surface area (Å²) in [5.74, 6) is 2.04. The molecule has 0 aliphatic rings. The Morgan fingerprint density at radius 3 is 2.59 bits per heavy atom. The first-order chi connectivity index (χ1) is 13.9. The lowest BCUT2D eigenvalue weighted by Gasteiger charge is -2.10. The van der Waals surface area contributed by atoms with E-state index in [1.165, 1.54) is 6.07 Å². The molecule has 29 heavy (non-hydrogen) atoms. The summed E-state index contributed by atoms with van der Waals surface area (Å²) >= 11 is 6.81. The van der Waals surface area contributed by atoms with Crippen molar-refractivity contribution in [1.82, 2.24) is 19.5 Å². The molecule has 3 heterocycles. The molecule has 3 aromatic heterocycles. The van der Waals surface area contributed by atoms with Gasteiger partial charge in [0.25, 0.3) is 10.0 Å². The van der Waals surface area contributed by atoms with Crippen molar-refractivity contribution in [3.8, 4) is 17.4 Å². The molecular weight excluding hydrogens is 434 g/mol. The second-order valence-electron chi connectivity index (χ2n) is 5.87. The monoisotopic (exact) mass is 447 g/mol. The van der Waals surface area contributed by atoms with Gasteiger partial charge in [0.05, 0.1) is 4.34 Å². The van der Waals surface area contributed by atoms with Crippen LogP contribution in [-0.2, 0) is 10.0 Å². The average molecular weight is 448 g/mol. The van der Waals surface area contributed by atoms with Crippen LogP contribution in [0.15, 0.2) is 65.4 Å². The van der Waals surface area contributed by atoms with Gasteiger partial charge in [-0.05, 0) is 43.3 Å². The van der Waals surface area contributed by atoms with Crippen LogP contribution in [0.5, 0.6) is 11.6 Å². The first kappa shape index (κ1) is 19.4. The number of imidazole rings is 1. The van der Waals surface area contributed by atoms with E-state index in [1.807, 2.05) is 0 Å². The maximum atomic E-state index is 12.4. The second-order valence-corrected chi connectivity index (χ2v) is 9.50. The molecule has 0 saturated heterocycles.